The van der Waals surface area contributed by atoms with E-state index in [1.54, 1.807) is 0 Å². The molecule has 0 saturated carbocycles. The van der Waals surface area contributed by atoms with E-state index in [0.717, 1.165) is 28.2 Å². The molecule has 33 heavy (non-hydrogen) atoms. The Labute approximate surface area is 188 Å². The Morgan fingerprint density at radius 3 is 2.58 bits per heavy atom. The van der Waals surface area contributed by atoms with Crippen molar-refractivity contribution in [3.63, 3.8) is 0 Å². The number of fused-ring (bicyclic) bond motifs is 1. The van der Waals surface area contributed by atoms with Gasteiger partial charge in [0.15, 0.2) is 5.13 Å². The Morgan fingerprint density at radius 1 is 1.03 bits per heavy atom. The molecule has 0 radical (unpaired) electrons. The molecule has 0 bridgehead atoms. The van der Waals surface area contributed by atoms with Crippen molar-refractivity contribution >= 4 is 55.6 Å². The molecule has 0 spiro atoms. The minimum absolute atomic E-state index is 0.0171. The smallest absolute Gasteiger partial charge is 0.310 e. The number of hydrazine groups is 1. The molecule has 13 nitrogen and oxygen atoms in total. The largest absolute Gasteiger partial charge is 0.355 e. The second-order valence-electron chi connectivity index (χ2n) is 6.68. The first-order valence-corrected chi connectivity index (χ1v) is 10.1. The molecule has 14 heteroatoms. The number of carbonyl (C=O) groups excluding carboxylic acids is 1. The molecule has 166 valence electrons. The van der Waals surface area contributed by atoms with Crippen molar-refractivity contribution < 1.29 is 14.6 Å². The number of anilines is 3. The van der Waals surface area contributed by atoms with Crippen LogP contribution in [0.25, 0.3) is 10.2 Å². The van der Waals surface area contributed by atoms with Crippen LogP contribution in [-0.4, -0.2) is 30.7 Å². The molecule has 0 unspecified atom stereocenters. The molecule has 3 N–H and O–H groups in total. The summed E-state index contributed by atoms with van der Waals surface area (Å²) in [5.41, 5.74) is 5.60. The third-order valence-electron chi connectivity index (χ3n) is 4.39. The topological polar surface area (TPSA) is 178 Å². The molecule has 4 rings (SSSR count). The van der Waals surface area contributed by atoms with Crippen molar-refractivity contribution in [2.75, 3.05) is 10.7 Å². The van der Waals surface area contributed by atoms with Crippen molar-refractivity contribution in [3.05, 3.63) is 80.1 Å². The van der Waals surface area contributed by atoms with Gasteiger partial charge < -0.3 is 5.32 Å². The van der Waals surface area contributed by atoms with Gasteiger partial charge in [0.25, 0.3) is 11.6 Å². The first-order valence-electron chi connectivity index (χ1n) is 9.26. The van der Waals surface area contributed by atoms with Crippen molar-refractivity contribution in [3.8, 4) is 0 Å². The zero-order chi connectivity index (χ0) is 23.5. The first kappa shape index (κ1) is 21.5. The molecule has 0 aliphatic rings. The second kappa shape index (κ2) is 8.80. The average molecular weight is 466 g/mol. The number of nitrogens with one attached hydrogen (secondary N) is 3. The van der Waals surface area contributed by atoms with Gasteiger partial charge in [-0.05, 0) is 30.7 Å². The number of aryl methyl sites for hydroxylation is 1. The molecule has 0 fully saturated rings. The zero-order valence-electron chi connectivity index (χ0n) is 16.8. The summed E-state index contributed by atoms with van der Waals surface area (Å²) in [4.78, 5) is 45.8. The number of nitro benzene ring substituents is 1. The normalized spacial score (nSPS) is 10.6. The van der Waals surface area contributed by atoms with E-state index < -0.39 is 21.4 Å². The summed E-state index contributed by atoms with van der Waals surface area (Å²) in [7, 11) is 0. The van der Waals surface area contributed by atoms with Crippen LogP contribution in [0.4, 0.5) is 28.1 Å². The van der Waals surface area contributed by atoms with E-state index >= 15 is 0 Å². The number of thiazole rings is 1. The van der Waals surface area contributed by atoms with Crippen LogP contribution >= 0.6 is 11.3 Å². The van der Waals surface area contributed by atoms with Gasteiger partial charge in [0, 0.05) is 17.7 Å². The SMILES string of the molecule is Cc1ccc2nc(Nc3ncnc(NNC(=O)c4cccc([N+](=O)[O-])c4)c3[N+](=O)[O-])sc2c1. The van der Waals surface area contributed by atoms with Crippen LogP contribution in [0.2, 0.25) is 0 Å². The van der Waals surface area contributed by atoms with Crippen molar-refractivity contribution in [1.82, 2.24) is 20.4 Å². The maximum absolute atomic E-state index is 12.3. The van der Waals surface area contributed by atoms with E-state index in [2.05, 4.69) is 31.1 Å². The molecule has 4 aromatic rings. The van der Waals surface area contributed by atoms with Gasteiger partial charge in [-0.1, -0.05) is 23.5 Å². The number of non-ortho nitro benzene ring substituents is 1. The quantitative estimate of drug-likeness (QED) is 0.268. The van der Waals surface area contributed by atoms with Gasteiger partial charge >= 0.3 is 5.69 Å². The predicted octanol–water partition coefficient (Wildman–Crippen LogP) is 3.71. The summed E-state index contributed by atoms with van der Waals surface area (Å²) in [5.74, 6) is -1.16. The number of hydrogen-bond acceptors (Lipinski definition) is 11. The third-order valence-corrected chi connectivity index (χ3v) is 5.32. The van der Waals surface area contributed by atoms with Crippen LogP contribution in [-0.2, 0) is 0 Å². The lowest BCUT2D eigenvalue weighted by Crippen LogP contribution is -2.30. The molecular weight excluding hydrogens is 452 g/mol. The highest BCUT2D eigenvalue weighted by molar-refractivity contribution is 7.22. The zero-order valence-corrected chi connectivity index (χ0v) is 17.6. The summed E-state index contributed by atoms with van der Waals surface area (Å²) in [5, 5.41) is 25.8. The number of nitro groups is 2. The van der Waals surface area contributed by atoms with Gasteiger partial charge in [-0.3, -0.25) is 35.9 Å². The standard InChI is InChI=1S/C19H14N8O5S/c1-10-5-6-13-14(7-10)33-19(22-13)23-16-15(27(31)32)17(21-9-20-16)24-25-18(28)11-3-2-4-12(8-11)26(29)30/h2-9H,1H3,(H,25,28)(H2,20,21,22,23,24). The van der Waals surface area contributed by atoms with Crippen molar-refractivity contribution in [2.45, 2.75) is 6.92 Å². The minimum Gasteiger partial charge on any atom is -0.310 e. The summed E-state index contributed by atoms with van der Waals surface area (Å²) < 4.78 is 0.900. The Hall–Kier alpha value is -4.72. The molecule has 2 aromatic heterocycles. The summed E-state index contributed by atoms with van der Waals surface area (Å²) in [6.07, 6.45) is 1.08. The Kier molecular flexibility index (Phi) is 5.73. The summed E-state index contributed by atoms with van der Waals surface area (Å²) in [6.45, 7) is 1.95. The first-order chi connectivity index (χ1) is 15.8. The fourth-order valence-electron chi connectivity index (χ4n) is 2.87. The number of hydrogen-bond donors (Lipinski definition) is 3. The van der Waals surface area contributed by atoms with E-state index in [0.29, 0.717) is 5.13 Å². The minimum atomic E-state index is -0.748. The molecule has 2 heterocycles. The molecule has 0 saturated heterocycles. The molecular formula is C19H14N8O5S. The van der Waals surface area contributed by atoms with E-state index in [9.17, 15) is 25.0 Å². The van der Waals surface area contributed by atoms with Gasteiger partial charge in [0.2, 0.25) is 11.6 Å². The summed E-state index contributed by atoms with van der Waals surface area (Å²) >= 11 is 1.30. The highest BCUT2D eigenvalue weighted by atomic mass is 32.1. The van der Waals surface area contributed by atoms with Crippen molar-refractivity contribution in [1.29, 1.82) is 0 Å². The maximum atomic E-state index is 12.3. The van der Waals surface area contributed by atoms with Gasteiger partial charge in [-0.25, -0.2) is 15.0 Å². The van der Waals surface area contributed by atoms with Gasteiger partial charge in [-0.2, -0.15) is 0 Å². The molecule has 0 atom stereocenters. The van der Waals surface area contributed by atoms with Crippen LogP contribution in [0, 0.1) is 27.2 Å². The van der Waals surface area contributed by atoms with Crippen molar-refractivity contribution in [2.24, 2.45) is 0 Å². The Morgan fingerprint density at radius 2 is 1.82 bits per heavy atom. The lowest BCUT2D eigenvalue weighted by atomic mass is 10.2. The third kappa shape index (κ3) is 4.64. The highest BCUT2D eigenvalue weighted by Crippen LogP contribution is 2.34. The number of benzene rings is 2. The molecule has 2 aromatic carbocycles. The average Bonchev–Trinajstić information content (AvgIpc) is 3.18. The highest BCUT2D eigenvalue weighted by Gasteiger charge is 2.24. The monoisotopic (exact) mass is 466 g/mol. The lowest BCUT2D eigenvalue weighted by Gasteiger charge is -2.10. The molecule has 0 aliphatic heterocycles. The lowest BCUT2D eigenvalue weighted by molar-refractivity contribution is -0.384. The van der Waals surface area contributed by atoms with Crippen LogP contribution in [0.5, 0.6) is 0 Å². The van der Waals surface area contributed by atoms with Crippen LogP contribution in [0.1, 0.15) is 15.9 Å². The fraction of sp³-hybridized carbons (Fsp3) is 0.0526. The van der Waals surface area contributed by atoms with E-state index in [-0.39, 0.29) is 22.9 Å². The summed E-state index contributed by atoms with van der Waals surface area (Å²) in [6, 6.07) is 10.7. The van der Waals surface area contributed by atoms with Gasteiger partial charge in [0.05, 0.1) is 20.1 Å². The van der Waals surface area contributed by atoms with E-state index in [1.165, 1.54) is 29.5 Å². The number of rotatable bonds is 7. The van der Waals surface area contributed by atoms with E-state index in [1.807, 2.05) is 25.1 Å². The second-order valence-corrected chi connectivity index (χ2v) is 7.71. The molecule has 1 amide bonds. The fourth-order valence-corrected chi connectivity index (χ4v) is 3.83. The van der Waals surface area contributed by atoms with Crippen LogP contribution in [0.3, 0.4) is 0 Å². The maximum Gasteiger partial charge on any atom is 0.355 e. The molecule has 0 aliphatic carbocycles. The predicted molar refractivity (Wildman–Crippen MR) is 121 cm³/mol. The number of nitrogens with zero attached hydrogens (tertiary/aromatic N) is 5. The van der Waals surface area contributed by atoms with E-state index in [4.69, 9.17) is 0 Å². The van der Waals surface area contributed by atoms with Crippen LogP contribution in [0.15, 0.2) is 48.8 Å². The number of aromatic nitrogens is 3. The van der Waals surface area contributed by atoms with Gasteiger partial charge in [0.1, 0.15) is 6.33 Å². The Balaban J connectivity index is 1.57. The number of amides is 1. The van der Waals surface area contributed by atoms with Gasteiger partial charge in [-0.15, -0.1) is 0 Å². The number of carbonyl (C=O) groups is 1. The van der Waals surface area contributed by atoms with Crippen LogP contribution < -0.4 is 16.2 Å². The Bertz CT molecular complexity index is 1410.